The van der Waals surface area contributed by atoms with E-state index in [1.807, 2.05) is 0 Å². The predicted molar refractivity (Wildman–Crippen MR) is 57.0 cm³/mol. The van der Waals surface area contributed by atoms with Gasteiger partial charge in [-0.3, -0.25) is 4.79 Å². The minimum Gasteiger partial charge on any atom is -0.493 e. The average molecular weight is 207 g/mol. The number of fused-ring (bicyclic) bond motifs is 1. The number of hydrogen-bond acceptors (Lipinski definition) is 4. The molecule has 0 bridgehead atoms. The molecule has 0 fully saturated rings. The number of hydrogen-bond donors (Lipinski definition) is 1. The number of ether oxygens (including phenoxy) is 2. The van der Waals surface area contributed by atoms with Crippen molar-refractivity contribution in [2.24, 2.45) is 0 Å². The Morgan fingerprint density at radius 1 is 1.27 bits per heavy atom. The second kappa shape index (κ2) is 3.81. The predicted octanol–water partition coefficient (Wildman–Crippen LogP) is 1.70. The van der Waals surface area contributed by atoms with Crippen molar-refractivity contribution in [2.75, 3.05) is 26.1 Å². The fourth-order valence-electron chi connectivity index (χ4n) is 1.77. The maximum Gasteiger partial charge on any atom is 0.184 e. The molecule has 0 aliphatic carbocycles. The molecule has 0 atom stereocenters. The molecule has 1 aliphatic heterocycles. The van der Waals surface area contributed by atoms with E-state index in [1.54, 1.807) is 26.4 Å². The van der Waals surface area contributed by atoms with E-state index < -0.39 is 0 Å². The Morgan fingerprint density at radius 3 is 2.73 bits per heavy atom. The van der Waals surface area contributed by atoms with Gasteiger partial charge in [-0.15, -0.1) is 0 Å². The number of anilines is 1. The van der Waals surface area contributed by atoms with Gasteiger partial charge in [0.25, 0.3) is 0 Å². The molecule has 4 nitrogen and oxygen atoms in total. The van der Waals surface area contributed by atoms with E-state index in [1.165, 1.54) is 0 Å². The van der Waals surface area contributed by atoms with Crippen molar-refractivity contribution in [1.29, 1.82) is 0 Å². The van der Waals surface area contributed by atoms with E-state index in [9.17, 15) is 4.79 Å². The second-order valence-electron chi connectivity index (χ2n) is 3.32. The van der Waals surface area contributed by atoms with Crippen LogP contribution in [0.2, 0.25) is 0 Å². The zero-order valence-electron chi connectivity index (χ0n) is 8.79. The maximum absolute atomic E-state index is 11.6. The number of ketones is 1. The Kier molecular flexibility index (Phi) is 2.49. The van der Waals surface area contributed by atoms with Crippen LogP contribution in [0, 0.1) is 0 Å². The summed E-state index contributed by atoms with van der Waals surface area (Å²) < 4.78 is 10.4. The highest BCUT2D eigenvalue weighted by atomic mass is 16.5. The SMILES string of the molecule is COc1ccc2c(c1OC)NCCC2=O. The highest BCUT2D eigenvalue weighted by Crippen LogP contribution is 2.39. The second-order valence-corrected chi connectivity index (χ2v) is 3.32. The Bertz CT molecular complexity index is 401. The van der Waals surface area contributed by atoms with E-state index in [0.717, 1.165) is 5.69 Å². The van der Waals surface area contributed by atoms with E-state index in [0.29, 0.717) is 30.0 Å². The third kappa shape index (κ3) is 1.52. The van der Waals surface area contributed by atoms with E-state index in [-0.39, 0.29) is 5.78 Å². The maximum atomic E-state index is 11.6. The molecule has 0 saturated carbocycles. The van der Waals surface area contributed by atoms with Crippen molar-refractivity contribution in [1.82, 2.24) is 0 Å². The van der Waals surface area contributed by atoms with Crippen LogP contribution in [0.3, 0.4) is 0 Å². The van der Waals surface area contributed by atoms with Crippen LogP contribution in [0.25, 0.3) is 0 Å². The van der Waals surface area contributed by atoms with Gasteiger partial charge in [0.15, 0.2) is 17.3 Å². The molecule has 0 spiro atoms. The van der Waals surface area contributed by atoms with Gasteiger partial charge in [0.2, 0.25) is 0 Å². The molecule has 2 rings (SSSR count). The van der Waals surface area contributed by atoms with Crippen molar-refractivity contribution >= 4 is 11.5 Å². The molecule has 1 aromatic carbocycles. The molecule has 15 heavy (non-hydrogen) atoms. The number of methoxy groups -OCH3 is 2. The molecule has 80 valence electrons. The Hall–Kier alpha value is -1.71. The van der Waals surface area contributed by atoms with Crippen LogP contribution in [0.1, 0.15) is 16.8 Å². The lowest BCUT2D eigenvalue weighted by molar-refractivity contribution is 0.0983. The van der Waals surface area contributed by atoms with Crippen LogP contribution in [-0.4, -0.2) is 26.5 Å². The zero-order chi connectivity index (χ0) is 10.8. The summed E-state index contributed by atoms with van der Waals surface area (Å²) in [5.41, 5.74) is 1.42. The molecule has 0 aromatic heterocycles. The summed E-state index contributed by atoms with van der Waals surface area (Å²) in [4.78, 5) is 11.6. The summed E-state index contributed by atoms with van der Waals surface area (Å²) in [5.74, 6) is 1.38. The fourth-order valence-corrected chi connectivity index (χ4v) is 1.77. The van der Waals surface area contributed by atoms with Gasteiger partial charge in [-0.1, -0.05) is 0 Å². The fraction of sp³-hybridized carbons (Fsp3) is 0.364. The van der Waals surface area contributed by atoms with Crippen molar-refractivity contribution in [3.05, 3.63) is 17.7 Å². The highest BCUT2D eigenvalue weighted by Gasteiger charge is 2.22. The van der Waals surface area contributed by atoms with Gasteiger partial charge in [0.05, 0.1) is 19.9 Å². The molecular weight excluding hydrogens is 194 g/mol. The Labute approximate surface area is 88.2 Å². The molecule has 0 radical (unpaired) electrons. The summed E-state index contributed by atoms with van der Waals surface area (Å²) >= 11 is 0. The molecule has 1 aliphatic rings. The summed E-state index contributed by atoms with van der Waals surface area (Å²) in [5, 5.41) is 3.16. The summed E-state index contributed by atoms with van der Waals surface area (Å²) in [7, 11) is 3.15. The van der Waals surface area contributed by atoms with Crippen LogP contribution in [-0.2, 0) is 0 Å². The normalized spacial score (nSPS) is 14.1. The van der Waals surface area contributed by atoms with Crippen molar-refractivity contribution in [3.63, 3.8) is 0 Å². The van der Waals surface area contributed by atoms with Gasteiger partial charge in [-0.2, -0.15) is 0 Å². The van der Waals surface area contributed by atoms with Gasteiger partial charge >= 0.3 is 0 Å². The lowest BCUT2D eigenvalue weighted by Gasteiger charge is -2.21. The molecule has 0 amide bonds. The molecule has 0 saturated heterocycles. The topological polar surface area (TPSA) is 47.6 Å². The van der Waals surface area contributed by atoms with Crippen molar-refractivity contribution < 1.29 is 14.3 Å². The monoisotopic (exact) mass is 207 g/mol. The first-order valence-corrected chi connectivity index (χ1v) is 4.80. The largest absolute Gasteiger partial charge is 0.493 e. The minimum absolute atomic E-state index is 0.143. The third-order valence-electron chi connectivity index (χ3n) is 2.50. The lowest BCUT2D eigenvalue weighted by atomic mass is 10.0. The van der Waals surface area contributed by atoms with Crippen LogP contribution in [0.5, 0.6) is 11.5 Å². The van der Waals surface area contributed by atoms with Crippen LogP contribution >= 0.6 is 0 Å². The van der Waals surface area contributed by atoms with Crippen molar-refractivity contribution in [2.45, 2.75) is 6.42 Å². The first-order valence-electron chi connectivity index (χ1n) is 4.80. The molecule has 4 heteroatoms. The molecule has 1 N–H and O–H groups in total. The Balaban J connectivity index is 2.58. The van der Waals surface area contributed by atoms with E-state index in [2.05, 4.69) is 5.32 Å². The number of benzene rings is 1. The molecule has 1 heterocycles. The summed E-state index contributed by atoms with van der Waals surface area (Å²) in [6, 6.07) is 3.52. The van der Waals surface area contributed by atoms with Crippen LogP contribution in [0.4, 0.5) is 5.69 Å². The van der Waals surface area contributed by atoms with Crippen molar-refractivity contribution in [3.8, 4) is 11.5 Å². The number of carbonyl (C=O) groups excluding carboxylic acids is 1. The van der Waals surface area contributed by atoms with Gasteiger partial charge < -0.3 is 14.8 Å². The summed E-state index contributed by atoms with van der Waals surface area (Å²) in [6.45, 7) is 0.648. The minimum atomic E-state index is 0.143. The van der Waals surface area contributed by atoms with Crippen LogP contribution < -0.4 is 14.8 Å². The Morgan fingerprint density at radius 2 is 2.07 bits per heavy atom. The first-order chi connectivity index (χ1) is 7.27. The lowest BCUT2D eigenvalue weighted by Crippen LogP contribution is -2.18. The summed E-state index contributed by atoms with van der Waals surface area (Å²) in [6.07, 6.45) is 0.530. The number of rotatable bonds is 2. The smallest absolute Gasteiger partial charge is 0.184 e. The molecule has 1 aromatic rings. The zero-order valence-corrected chi connectivity index (χ0v) is 8.79. The number of nitrogens with one attached hydrogen (secondary N) is 1. The number of carbonyl (C=O) groups is 1. The van der Waals surface area contributed by atoms with Crippen LogP contribution in [0.15, 0.2) is 12.1 Å². The van der Waals surface area contributed by atoms with Gasteiger partial charge in [-0.25, -0.2) is 0 Å². The van der Waals surface area contributed by atoms with Gasteiger partial charge in [-0.05, 0) is 12.1 Å². The first kappa shape index (κ1) is 9.83. The average Bonchev–Trinajstić information content (AvgIpc) is 2.28. The van der Waals surface area contributed by atoms with Gasteiger partial charge in [0, 0.05) is 18.5 Å². The number of Topliss-reactive ketones (excluding diaryl/α,β-unsaturated/α-hetero) is 1. The third-order valence-corrected chi connectivity index (χ3v) is 2.50. The van der Waals surface area contributed by atoms with E-state index in [4.69, 9.17) is 9.47 Å². The molecule has 0 unspecified atom stereocenters. The highest BCUT2D eigenvalue weighted by molar-refractivity contribution is 6.04. The van der Waals surface area contributed by atoms with Gasteiger partial charge in [0.1, 0.15) is 0 Å². The van der Waals surface area contributed by atoms with E-state index >= 15 is 0 Å². The quantitative estimate of drug-likeness (QED) is 0.801. The standard InChI is InChI=1S/C11H13NO3/c1-14-9-4-3-7-8(13)5-6-12-10(7)11(9)15-2/h3-4,12H,5-6H2,1-2H3. The molecular formula is C11H13NO3.